The minimum atomic E-state index is -4.37. The molecule has 0 saturated carbocycles. The molecule has 0 fully saturated rings. The first-order valence-electron chi connectivity index (χ1n) is 4.91. The summed E-state index contributed by atoms with van der Waals surface area (Å²) in [7, 11) is 0. The number of hydrogen-bond acceptors (Lipinski definition) is 1. The number of halogens is 4. The van der Waals surface area contributed by atoms with Crippen molar-refractivity contribution in [3.63, 3.8) is 0 Å². The molecule has 6 heteroatoms. The summed E-state index contributed by atoms with van der Waals surface area (Å²) in [4.78, 5) is 11.1. The lowest BCUT2D eigenvalue weighted by Gasteiger charge is -2.08. The average molecular weight is 249 g/mol. The van der Waals surface area contributed by atoms with Crippen molar-refractivity contribution in [2.24, 2.45) is 0 Å². The van der Waals surface area contributed by atoms with E-state index in [0.717, 1.165) is 6.07 Å². The fourth-order valence-electron chi connectivity index (χ4n) is 1.15. The summed E-state index contributed by atoms with van der Waals surface area (Å²) in [5.74, 6) is -1.30. The van der Waals surface area contributed by atoms with E-state index < -0.39 is 30.7 Å². The molecule has 0 heterocycles. The van der Waals surface area contributed by atoms with E-state index in [9.17, 15) is 22.4 Å². The van der Waals surface area contributed by atoms with Crippen LogP contribution in [0.25, 0.3) is 0 Å². The van der Waals surface area contributed by atoms with Gasteiger partial charge in [0, 0.05) is 12.1 Å². The smallest absolute Gasteiger partial charge is 0.326 e. The predicted molar refractivity (Wildman–Crippen MR) is 55.1 cm³/mol. The average Bonchev–Trinajstić information content (AvgIpc) is 2.20. The Hall–Kier alpha value is -1.59. The number of aryl methyl sites for hydroxylation is 1. The SMILES string of the molecule is Cc1ccc(NC(=O)CCC(F)(F)F)cc1F. The summed E-state index contributed by atoms with van der Waals surface area (Å²) in [6.45, 7) is 1.55. The second kappa shape index (κ2) is 5.16. The summed E-state index contributed by atoms with van der Waals surface area (Å²) in [5.41, 5.74) is 0.554. The summed E-state index contributed by atoms with van der Waals surface area (Å²) in [6, 6.07) is 3.94. The van der Waals surface area contributed by atoms with Crippen molar-refractivity contribution in [3.05, 3.63) is 29.6 Å². The first-order chi connectivity index (χ1) is 7.78. The van der Waals surface area contributed by atoms with E-state index in [1.807, 2.05) is 0 Å². The zero-order valence-electron chi connectivity index (χ0n) is 9.07. The second-order valence-corrected chi connectivity index (χ2v) is 3.63. The third-order valence-corrected chi connectivity index (χ3v) is 2.09. The van der Waals surface area contributed by atoms with Gasteiger partial charge in [0.05, 0.1) is 6.42 Å². The van der Waals surface area contributed by atoms with Crippen LogP contribution >= 0.6 is 0 Å². The van der Waals surface area contributed by atoms with Crippen LogP contribution < -0.4 is 5.32 Å². The minimum absolute atomic E-state index is 0.153. The van der Waals surface area contributed by atoms with Gasteiger partial charge in [-0.1, -0.05) is 6.07 Å². The van der Waals surface area contributed by atoms with Gasteiger partial charge in [0.25, 0.3) is 0 Å². The van der Waals surface area contributed by atoms with Gasteiger partial charge in [0.1, 0.15) is 5.82 Å². The molecular formula is C11H11F4NO. The Labute approximate surface area is 95.6 Å². The highest BCUT2D eigenvalue weighted by Crippen LogP contribution is 2.22. The fraction of sp³-hybridized carbons (Fsp3) is 0.364. The molecule has 0 spiro atoms. The normalized spacial score (nSPS) is 11.4. The lowest BCUT2D eigenvalue weighted by Crippen LogP contribution is -2.16. The first-order valence-corrected chi connectivity index (χ1v) is 4.91. The van der Waals surface area contributed by atoms with Crippen LogP contribution in [0.1, 0.15) is 18.4 Å². The number of anilines is 1. The molecule has 0 saturated heterocycles. The van der Waals surface area contributed by atoms with Crippen LogP contribution in [0.15, 0.2) is 18.2 Å². The van der Waals surface area contributed by atoms with E-state index >= 15 is 0 Å². The molecule has 0 bridgehead atoms. The van der Waals surface area contributed by atoms with E-state index in [2.05, 4.69) is 5.32 Å². The predicted octanol–water partition coefficient (Wildman–Crippen LogP) is 3.42. The van der Waals surface area contributed by atoms with Crippen LogP contribution in [0.4, 0.5) is 23.2 Å². The third kappa shape index (κ3) is 4.84. The zero-order valence-corrected chi connectivity index (χ0v) is 9.07. The Morgan fingerprint density at radius 1 is 1.35 bits per heavy atom. The van der Waals surface area contributed by atoms with Crippen LogP contribution in [-0.4, -0.2) is 12.1 Å². The maximum atomic E-state index is 13.1. The number of amides is 1. The Morgan fingerprint density at radius 2 is 2.00 bits per heavy atom. The highest BCUT2D eigenvalue weighted by molar-refractivity contribution is 5.90. The number of benzene rings is 1. The molecule has 17 heavy (non-hydrogen) atoms. The fourth-order valence-corrected chi connectivity index (χ4v) is 1.15. The molecule has 94 valence electrons. The number of rotatable bonds is 3. The molecule has 0 aliphatic rings. The van der Waals surface area contributed by atoms with E-state index in [0.29, 0.717) is 5.56 Å². The zero-order chi connectivity index (χ0) is 13.1. The number of nitrogens with one attached hydrogen (secondary N) is 1. The van der Waals surface area contributed by atoms with Gasteiger partial charge in [-0.05, 0) is 24.6 Å². The molecule has 0 unspecified atom stereocenters. The maximum Gasteiger partial charge on any atom is 0.389 e. The lowest BCUT2D eigenvalue weighted by atomic mass is 10.2. The van der Waals surface area contributed by atoms with E-state index in [1.165, 1.54) is 12.1 Å². The summed E-state index contributed by atoms with van der Waals surface area (Å²) >= 11 is 0. The molecule has 0 aliphatic carbocycles. The monoisotopic (exact) mass is 249 g/mol. The number of carbonyl (C=O) groups is 1. The van der Waals surface area contributed by atoms with Gasteiger partial charge in [0.2, 0.25) is 5.91 Å². The van der Waals surface area contributed by atoms with E-state index in [-0.39, 0.29) is 5.69 Å². The van der Waals surface area contributed by atoms with Crippen molar-refractivity contribution in [3.8, 4) is 0 Å². The molecule has 0 radical (unpaired) electrons. The van der Waals surface area contributed by atoms with Gasteiger partial charge in [-0.2, -0.15) is 13.2 Å². The second-order valence-electron chi connectivity index (χ2n) is 3.63. The molecule has 1 aromatic rings. The van der Waals surface area contributed by atoms with Crippen LogP contribution in [-0.2, 0) is 4.79 Å². The summed E-state index contributed by atoms with van der Waals surface area (Å²) < 4.78 is 48.6. The van der Waals surface area contributed by atoms with Gasteiger partial charge >= 0.3 is 6.18 Å². The van der Waals surface area contributed by atoms with Crippen LogP contribution in [0, 0.1) is 12.7 Å². The molecule has 1 aromatic carbocycles. The Morgan fingerprint density at radius 3 is 2.53 bits per heavy atom. The molecule has 0 atom stereocenters. The van der Waals surface area contributed by atoms with Crippen LogP contribution in [0.5, 0.6) is 0 Å². The van der Waals surface area contributed by atoms with Crippen LogP contribution in [0.3, 0.4) is 0 Å². The van der Waals surface area contributed by atoms with Gasteiger partial charge in [-0.3, -0.25) is 4.79 Å². The molecule has 1 N–H and O–H groups in total. The van der Waals surface area contributed by atoms with Gasteiger partial charge in [-0.25, -0.2) is 4.39 Å². The van der Waals surface area contributed by atoms with E-state index in [1.54, 1.807) is 6.92 Å². The Bertz CT molecular complexity index is 414. The Balaban J connectivity index is 2.54. The van der Waals surface area contributed by atoms with Crippen molar-refractivity contribution >= 4 is 11.6 Å². The molecule has 1 rings (SSSR count). The van der Waals surface area contributed by atoms with Gasteiger partial charge in [-0.15, -0.1) is 0 Å². The van der Waals surface area contributed by atoms with Crippen LogP contribution in [0.2, 0.25) is 0 Å². The van der Waals surface area contributed by atoms with E-state index in [4.69, 9.17) is 0 Å². The minimum Gasteiger partial charge on any atom is -0.326 e. The van der Waals surface area contributed by atoms with Gasteiger partial charge < -0.3 is 5.32 Å². The highest BCUT2D eigenvalue weighted by Gasteiger charge is 2.27. The first kappa shape index (κ1) is 13.5. The standard InChI is InChI=1S/C11H11F4NO/c1-7-2-3-8(6-9(7)12)16-10(17)4-5-11(13,14)15/h2-3,6H,4-5H2,1H3,(H,16,17). The maximum absolute atomic E-state index is 13.1. The third-order valence-electron chi connectivity index (χ3n) is 2.09. The number of carbonyl (C=O) groups excluding carboxylic acids is 1. The topological polar surface area (TPSA) is 29.1 Å². The largest absolute Gasteiger partial charge is 0.389 e. The molecular weight excluding hydrogens is 238 g/mol. The molecule has 0 aliphatic heterocycles. The quantitative estimate of drug-likeness (QED) is 0.817. The van der Waals surface area contributed by atoms with Crippen molar-refractivity contribution in [1.82, 2.24) is 0 Å². The molecule has 0 aromatic heterocycles. The Kier molecular flexibility index (Phi) is 4.09. The van der Waals surface area contributed by atoms with Crippen molar-refractivity contribution in [2.45, 2.75) is 25.9 Å². The van der Waals surface area contributed by atoms with Crippen molar-refractivity contribution < 1.29 is 22.4 Å². The summed E-state index contributed by atoms with van der Waals surface area (Å²) in [6.07, 6.45) is -6.22. The number of hydrogen-bond donors (Lipinski definition) is 1. The van der Waals surface area contributed by atoms with Gasteiger partial charge in [0.15, 0.2) is 0 Å². The highest BCUT2D eigenvalue weighted by atomic mass is 19.4. The molecule has 1 amide bonds. The number of alkyl halides is 3. The van der Waals surface area contributed by atoms with Crippen molar-refractivity contribution in [1.29, 1.82) is 0 Å². The lowest BCUT2D eigenvalue weighted by molar-refractivity contribution is -0.142. The van der Waals surface area contributed by atoms with Crippen molar-refractivity contribution in [2.75, 3.05) is 5.32 Å². The summed E-state index contributed by atoms with van der Waals surface area (Å²) in [5, 5.41) is 2.20. The molecule has 2 nitrogen and oxygen atoms in total.